The Hall–Kier alpha value is -3.03. The van der Waals surface area contributed by atoms with Crippen LogP contribution in [-0.4, -0.2) is 28.8 Å². The first-order valence-electron chi connectivity index (χ1n) is 9.52. The van der Waals surface area contributed by atoms with Gasteiger partial charge in [0, 0.05) is 4.88 Å². The fourth-order valence-corrected chi connectivity index (χ4v) is 5.21. The molecule has 1 aliphatic rings. The van der Waals surface area contributed by atoms with Gasteiger partial charge >= 0.3 is 0 Å². The first-order valence-corrected chi connectivity index (χ1v) is 10.8. The maximum Gasteiger partial charge on any atom is 0.296 e. The number of methoxy groups -OCH3 is 1. The van der Waals surface area contributed by atoms with Crippen molar-refractivity contribution in [3.05, 3.63) is 79.9 Å². The Morgan fingerprint density at radius 3 is 2.68 bits per heavy atom. The van der Waals surface area contributed by atoms with Crippen LogP contribution >= 0.6 is 22.9 Å². The van der Waals surface area contributed by atoms with Crippen molar-refractivity contribution >= 4 is 40.4 Å². The van der Waals surface area contributed by atoms with E-state index in [1.165, 1.54) is 29.6 Å². The summed E-state index contributed by atoms with van der Waals surface area (Å²) in [5, 5.41) is 13.5. The normalized spacial score (nSPS) is 18.1. The Kier molecular flexibility index (Phi) is 5.64. The summed E-state index contributed by atoms with van der Waals surface area (Å²) in [6, 6.07) is 8.00. The maximum atomic E-state index is 13.1. The van der Waals surface area contributed by atoms with Crippen molar-refractivity contribution in [2.75, 3.05) is 7.11 Å². The Labute approximate surface area is 188 Å². The van der Waals surface area contributed by atoms with E-state index >= 15 is 0 Å². The van der Waals surface area contributed by atoms with Gasteiger partial charge in [-0.15, -0.1) is 11.3 Å². The summed E-state index contributed by atoms with van der Waals surface area (Å²) >= 11 is 7.72. The number of carbonyl (C=O) groups is 2. The van der Waals surface area contributed by atoms with Gasteiger partial charge in [-0.3, -0.25) is 9.59 Å². The molecular weight excluding hydrogens is 438 g/mol. The molecule has 6 nitrogen and oxygen atoms in total. The summed E-state index contributed by atoms with van der Waals surface area (Å²) in [7, 11) is 1.43. The zero-order valence-electron chi connectivity index (χ0n) is 17.1. The van der Waals surface area contributed by atoms with Gasteiger partial charge in [0.2, 0.25) is 0 Å². The van der Waals surface area contributed by atoms with E-state index in [4.69, 9.17) is 20.8 Å². The van der Waals surface area contributed by atoms with Gasteiger partial charge < -0.3 is 19.2 Å². The number of hydrogen-bond donors (Lipinski definition) is 1. The molecule has 160 valence electrons. The van der Waals surface area contributed by atoms with Crippen LogP contribution in [0.2, 0.25) is 5.02 Å². The second kappa shape index (κ2) is 8.24. The van der Waals surface area contributed by atoms with Gasteiger partial charge in [0.15, 0.2) is 0 Å². The standard InChI is InChI=1S/C23H20ClNO5S/c1-12-9-15(21(29-3)16(24)10-12)19(26)17-18(22-13(2)6-8-31-22)25(23(28)20(17)27)11-14-5-4-7-30-14/h4-10,18,26H,11H2,1-3H3/b19-17+. The van der Waals surface area contributed by atoms with Crippen LogP contribution in [0.15, 0.2) is 52.0 Å². The van der Waals surface area contributed by atoms with Crippen molar-refractivity contribution in [3.63, 3.8) is 0 Å². The average Bonchev–Trinajstić information content (AvgIpc) is 3.44. The molecular formula is C23H20ClNO5S. The van der Waals surface area contributed by atoms with Crippen molar-refractivity contribution in [1.82, 2.24) is 4.90 Å². The Balaban J connectivity index is 1.94. The highest BCUT2D eigenvalue weighted by Gasteiger charge is 2.47. The Morgan fingerprint density at radius 1 is 1.29 bits per heavy atom. The molecule has 0 bridgehead atoms. The third-order valence-corrected chi connectivity index (χ3v) is 6.60. The quantitative estimate of drug-likeness (QED) is 0.322. The van der Waals surface area contributed by atoms with Crippen LogP contribution < -0.4 is 4.74 Å². The van der Waals surface area contributed by atoms with Gasteiger partial charge in [-0.05, 0) is 60.7 Å². The number of ketones is 1. The number of aryl methyl sites for hydroxylation is 2. The molecule has 1 saturated heterocycles. The minimum atomic E-state index is -0.762. The predicted molar refractivity (Wildman–Crippen MR) is 118 cm³/mol. The number of ether oxygens (including phenoxy) is 1. The van der Waals surface area contributed by atoms with Crippen LogP contribution in [0.5, 0.6) is 5.75 Å². The summed E-state index contributed by atoms with van der Waals surface area (Å²) in [5.74, 6) is -1.00. The molecule has 2 aromatic heterocycles. The molecule has 0 aliphatic carbocycles. The molecule has 1 unspecified atom stereocenters. The third-order valence-electron chi connectivity index (χ3n) is 5.24. The maximum absolute atomic E-state index is 13.1. The largest absolute Gasteiger partial charge is 0.507 e. The number of likely N-dealkylation sites (tertiary alicyclic amines) is 1. The molecule has 31 heavy (non-hydrogen) atoms. The van der Waals surface area contributed by atoms with Gasteiger partial charge in [-0.25, -0.2) is 0 Å². The molecule has 1 aromatic carbocycles. The zero-order chi connectivity index (χ0) is 22.3. The zero-order valence-corrected chi connectivity index (χ0v) is 18.7. The number of carbonyl (C=O) groups excluding carboxylic acids is 2. The van der Waals surface area contributed by atoms with Crippen molar-refractivity contribution in [2.45, 2.75) is 26.4 Å². The van der Waals surface area contributed by atoms with E-state index in [0.29, 0.717) is 10.8 Å². The highest BCUT2D eigenvalue weighted by atomic mass is 35.5. The number of aliphatic hydroxyl groups is 1. The summed E-state index contributed by atoms with van der Waals surface area (Å²) in [4.78, 5) is 28.4. The molecule has 8 heteroatoms. The van der Waals surface area contributed by atoms with Crippen molar-refractivity contribution < 1.29 is 23.8 Å². The van der Waals surface area contributed by atoms with E-state index in [1.807, 2.05) is 25.3 Å². The lowest BCUT2D eigenvalue weighted by Crippen LogP contribution is -2.28. The van der Waals surface area contributed by atoms with Gasteiger partial charge in [0.25, 0.3) is 11.7 Å². The number of nitrogens with zero attached hydrogens (tertiary/aromatic N) is 1. The van der Waals surface area contributed by atoms with Crippen LogP contribution in [0.25, 0.3) is 5.76 Å². The molecule has 1 amide bonds. The van der Waals surface area contributed by atoms with Gasteiger partial charge in [-0.1, -0.05) is 11.6 Å². The SMILES string of the molecule is COc1c(Cl)cc(C)cc1/C(O)=C1\C(=O)C(=O)N(Cc2ccco2)C1c1sccc1C. The smallest absolute Gasteiger partial charge is 0.296 e. The number of amides is 1. The topological polar surface area (TPSA) is 80.0 Å². The fourth-order valence-electron chi connectivity index (χ4n) is 3.81. The number of rotatable bonds is 5. The summed E-state index contributed by atoms with van der Waals surface area (Å²) in [6.45, 7) is 3.82. The lowest BCUT2D eigenvalue weighted by molar-refractivity contribution is -0.140. The molecule has 0 spiro atoms. The third kappa shape index (κ3) is 3.64. The van der Waals surface area contributed by atoms with Crippen LogP contribution in [0.4, 0.5) is 0 Å². The summed E-state index contributed by atoms with van der Waals surface area (Å²) in [5.41, 5.74) is 1.97. The molecule has 1 N–H and O–H groups in total. The number of thiophene rings is 1. The number of aliphatic hydroxyl groups excluding tert-OH is 1. The lowest BCUT2D eigenvalue weighted by atomic mass is 9.97. The molecule has 1 aliphatic heterocycles. The van der Waals surface area contributed by atoms with Crippen LogP contribution in [0.3, 0.4) is 0 Å². The van der Waals surface area contributed by atoms with Gasteiger partial charge in [0.1, 0.15) is 23.3 Å². The predicted octanol–water partition coefficient (Wildman–Crippen LogP) is 5.24. The summed E-state index contributed by atoms with van der Waals surface area (Å²) in [6.07, 6.45) is 1.51. The minimum absolute atomic E-state index is 0.00192. The number of halogens is 1. The average molecular weight is 458 g/mol. The van der Waals surface area contributed by atoms with E-state index in [2.05, 4.69) is 0 Å². The summed E-state index contributed by atoms with van der Waals surface area (Å²) < 4.78 is 10.8. The van der Waals surface area contributed by atoms with E-state index in [9.17, 15) is 14.7 Å². The molecule has 3 heterocycles. The fraction of sp³-hybridized carbons (Fsp3) is 0.217. The number of furan rings is 1. The van der Waals surface area contributed by atoms with E-state index < -0.39 is 17.7 Å². The second-order valence-corrected chi connectivity index (χ2v) is 8.66. The van der Waals surface area contributed by atoms with Crippen LogP contribution in [-0.2, 0) is 16.1 Å². The lowest BCUT2D eigenvalue weighted by Gasteiger charge is -2.24. The highest BCUT2D eigenvalue weighted by molar-refractivity contribution is 7.10. The second-order valence-electron chi connectivity index (χ2n) is 7.30. The van der Waals surface area contributed by atoms with Crippen molar-refractivity contribution in [1.29, 1.82) is 0 Å². The molecule has 3 aromatic rings. The molecule has 0 radical (unpaired) electrons. The number of benzene rings is 1. The van der Waals surface area contributed by atoms with Crippen molar-refractivity contribution in [2.24, 2.45) is 0 Å². The van der Waals surface area contributed by atoms with Gasteiger partial charge in [0.05, 0.1) is 36.1 Å². The number of hydrogen-bond acceptors (Lipinski definition) is 6. The molecule has 0 saturated carbocycles. The molecule has 4 rings (SSSR count). The molecule has 1 fully saturated rings. The highest BCUT2D eigenvalue weighted by Crippen LogP contribution is 2.45. The first kappa shape index (κ1) is 21.2. The minimum Gasteiger partial charge on any atom is -0.507 e. The number of Topliss-reactive ketones (excluding diaryl/α,β-unsaturated/α-hetero) is 1. The molecule has 1 atom stereocenters. The van der Waals surface area contributed by atoms with Crippen molar-refractivity contribution in [3.8, 4) is 5.75 Å². The van der Waals surface area contributed by atoms with Gasteiger partial charge in [-0.2, -0.15) is 0 Å². The van der Waals surface area contributed by atoms with E-state index in [0.717, 1.165) is 16.0 Å². The Morgan fingerprint density at radius 2 is 2.06 bits per heavy atom. The monoisotopic (exact) mass is 457 g/mol. The first-order chi connectivity index (χ1) is 14.8. The van der Waals surface area contributed by atoms with E-state index in [-0.39, 0.29) is 29.2 Å². The van der Waals surface area contributed by atoms with Crippen LogP contribution in [0, 0.1) is 13.8 Å². The Bertz CT molecular complexity index is 1190. The van der Waals surface area contributed by atoms with E-state index in [1.54, 1.807) is 24.3 Å². The van der Waals surface area contributed by atoms with Crippen LogP contribution in [0.1, 0.15) is 33.4 Å².